The summed E-state index contributed by atoms with van der Waals surface area (Å²) in [6.45, 7) is 10.5. The number of anilines is 2. The number of nitrogens with one attached hydrogen (secondary N) is 1. The van der Waals surface area contributed by atoms with Crippen LogP contribution < -0.4 is 10.2 Å². The second-order valence-corrected chi connectivity index (χ2v) is 8.15. The maximum atomic E-state index is 12.4. The molecule has 0 radical (unpaired) electrons. The van der Waals surface area contributed by atoms with Gasteiger partial charge < -0.3 is 19.9 Å². The number of hydrogen-bond donors (Lipinski definition) is 1. The topological polar surface area (TPSA) is 48.0 Å². The van der Waals surface area contributed by atoms with E-state index in [0.717, 1.165) is 30.4 Å². The lowest BCUT2D eigenvalue weighted by molar-refractivity contribution is 0.0564. The summed E-state index contributed by atoms with van der Waals surface area (Å²) in [7, 11) is 0. The molecule has 2 amide bonds. The monoisotopic (exact) mass is 372 g/mol. The number of morpholine rings is 1. The van der Waals surface area contributed by atoms with Crippen molar-refractivity contribution < 1.29 is 9.53 Å². The number of benzene rings is 1. The molecule has 27 heavy (non-hydrogen) atoms. The molecule has 0 unspecified atom stereocenters. The minimum atomic E-state index is -0.0293. The van der Waals surface area contributed by atoms with Crippen molar-refractivity contribution in [3.8, 4) is 0 Å². The third kappa shape index (κ3) is 4.06. The zero-order valence-electron chi connectivity index (χ0n) is 16.6. The van der Waals surface area contributed by atoms with E-state index in [1.165, 1.54) is 31.5 Å². The summed E-state index contributed by atoms with van der Waals surface area (Å²) in [6, 6.07) is 7.80. The number of amides is 2. The minimum absolute atomic E-state index is 0.0293. The minimum Gasteiger partial charge on any atom is -0.378 e. The standard InChI is InChI=1S/C21H32N4O2/c1-16-14-18(24-9-7-19(15-24)25-8-3-4-17(25)2)5-6-20(16)22-21(26)23-10-12-27-13-11-23/h5-6,14,17,19H,3-4,7-13,15H2,1-2H3,(H,22,26)/t17-,19+/m0/s1. The van der Waals surface area contributed by atoms with Crippen LogP contribution in [0.4, 0.5) is 16.2 Å². The van der Waals surface area contributed by atoms with Gasteiger partial charge in [-0.25, -0.2) is 4.79 Å². The molecule has 4 rings (SSSR count). The van der Waals surface area contributed by atoms with Crippen LogP contribution in [0.3, 0.4) is 0 Å². The lowest BCUT2D eigenvalue weighted by Gasteiger charge is -2.29. The first-order chi connectivity index (χ1) is 13.1. The molecule has 0 spiro atoms. The number of hydrogen-bond acceptors (Lipinski definition) is 4. The number of aryl methyl sites for hydroxylation is 1. The van der Waals surface area contributed by atoms with Crippen molar-refractivity contribution >= 4 is 17.4 Å². The third-order valence-electron chi connectivity index (χ3n) is 6.35. The summed E-state index contributed by atoms with van der Waals surface area (Å²) in [5, 5.41) is 3.06. The lowest BCUT2D eigenvalue weighted by atomic mass is 10.1. The Hall–Kier alpha value is -1.79. The summed E-state index contributed by atoms with van der Waals surface area (Å²) in [4.78, 5) is 19.4. The number of likely N-dealkylation sites (tertiary alicyclic amines) is 1. The summed E-state index contributed by atoms with van der Waals surface area (Å²) in [6.07, 6.45) is 3.93. The van der Waals surface area contributed by atoms with Crippen LogP contribution in [-0.4, -0.2) is 73.9 Å². The Labute approximate surface area is 162 Å². The molecular formula is C21H32N4O2. The highest BCUT2D eigenvalue weighted by atomic mass is 16.5. The van der Waals surface area contributed by atoms with Gasteiger partial charge in [0.25, 0.3) is 0 Å². The lowest BCUT2D eigenvalue weighted by Crippen LogP contribution is -2.43. The zero-order valence-corrected chi connectivity index (χ0v) is 16.6. The highest BCUT2D eigenvalue weighted by Crippen LogP contribution is 2.30. The molecule has 3 saturated heterocycles. The van der Waals surface area contributed by atoms with E-state index in [-0.39, 0.29) is 6.03 Å². The Balaban J connectivity index is 1.37. The van der Waals surface area contributed by atoms with Crippen molar-refractivity contribution in [1.29, 1.82) is 0 Å². The molecule has 148 valence electrons. The van der Waals surface area contributed by atoms with Crippen molar-refractivity contribution in [1.82, 2.24) is 9.80 Å². The molecule has 0 aliphatic carbocycles. The van der Waals surface area contributed by atoms with Gasteiger partial charge in [0.1, 0.15) is 0 Å². The average molecular weight is 373 g/mol. The van der Waals surface area contributed by atoms with Gasteiger partial charge in [-0.2, -0.15) is 0 Å². The van der Waals surface area contributed by atoms with Crippen LogP contribution in [-0.2, 0) is 4.74 Å². The molecule has 3 aliphatic rings. The average Bonchev–Trinajstić information content (AvgIpc) is 3.33. The van der Waals surface area contributed by atoms with Crippen molar-refractivity contribution in [2.24, 2.45) is 0 Å². The number of rotatable bonds is 3. The van der Waals surface area contributed by atoms with E-state index >= 15 is 0 Å². The van der Waals surface area contributed by atoms with Crippen LogP contribution >= 0.6 is 0 Å². The Morgan fingerprint density at radius 1 is 1.15 bits per heavy atom. The molecule has 3 aliphatic heterocycles. The largest absolute Gasteiger partial charge is 0.378 e. The first kappa shape index (κ1) is 18.6. The maximum Gasteiger partial charge on any atom is 0.322 e. The normalized spacial score (nSPS) is 26.6. The van der Waals surface area contributed by atoms with Gasteiger partial charge in [-0.1, -0.05) is 0 Å². The first-order valence-corrected chi connectivity index (χ1v) is 10.4. The van der Waals surface area contributed by atoms with E-state index in [2.05, 4.69) is 47.2 Å². The number of urea groups is 1. The predicted octanol–water partition coefficient (Wildman–Crippen LogP) is 2.92. The summed E-state index contributed by atoms with van der Waals surface area (Å²) >= 11 is 0. The van der Waals surface area contributed by atoms with Gasteiger partial charge in [0.15, 0.2) is 0 Å². The smallest absolute Gasteiger partial charge is 0.322 e. The van der Waals surface area contributed by atoms with Crippen LogP contribution in [0, 0.1) is 6.92 Å². The first-order valence-electron chi connectivity index (χ1n) is 10.4. The molecule has 0 aromatic heterocycles. The van der Waals surface area contributed by atoms with E-state index in [4.69, 9.17) is 4.74 Å². The number of carbonyl (C=O) groups is 1. The second kappa shape index (κ2) is 8.07. The van der Waals surface area contributed by atoms with Crippen LogP contribution in [0.5, 0.6) is 0 Å². The van der Waals surface area contributed by atoms with Crippen molar-refractivity contribution in [3.05, 3.63) is 23.8 Å². The van der Waals surface area contributed by atoms with E-state index in [1.54, 1.807) is 0 Å². The van der Waals surface area contributed by atoms with Crippen LogP contribution in [0.2, 0.25) is 0 Å². The highest BCUT2D eigenvalue weighted by Gasteiger charge is 2.33. The molecule has 6 nitrogen and oxygen atoms in total. The molecular weight excluding hydrogens is 340 g/mol. The molecule has 0 bridgehead atoms. The van der Waals surface area contributed by atoms with E-state index in [0.29, 0.717) is 32.3 Å². The van der Waals surface area contributed by atoms with E-state index < -0.39 is 0 Å². The molecule has 6 heteroatoms. The van der Waals surface area contributed by atoms with Gasteiger partial charge in [0.2, 0.25) is 0 Å². The van der Waals surface area contributed by atoms with Crippen molar-refractivity contribution in [2.75, 3.05) is 56.2 Å². The molecule has 1 N–H and O–H groups in total. The van der Waals surface area contributed by atoms with Gasteiger partial charge in [-0.15, -0.1) is 0 Å². The molecule has 1 aromatic carbocycles. The van der Waals surface area contributed by atoms with Crippen molar-refractivity contribution in [2.45, 2.75) is 45.2 Å². The Bertz CT molecular complexity index is 674. The Kier molecular flexibility index (Phi) is 5.55. The molecule has 3 fully saturated rings. The summed E-state index contributed by atoms with van der Waals surface area (Å²) in [5.41, 5.74) is 3.29. The molecule has 2 atom stereocenters. The second-order valence-electron chi connectivity index (χ2n) is 8.15. The van der Waals surface area contributed by atoms with Gasteiger partial charge in [0, 0.05) is 49.6 Å². The molecule has 1 aromatic rings. The van der Waals surface area contributed by atoms with Gasteiger partial charge >= 0.3 is 6.03 Å². The predicted molar refractivity (Wildman–Crippen MR) is 109 cm³/mol. The fourth-order valence-corrected chi connectivity index (χ4v) is 4.69. The highest BCUT2D eigenvalue weighted by molar-refractivity contribution is 5.90. The van der Waals surface area contributed by atoms with Crippen LogP contribution in [0.15, 0.2) is 18.2 Å². The van der Waals surface area contributed by atoms with E-state index in [1.807, 2.05) is 4.90 Å². The number of nitrogens with zero attached hydrogens (tertiary/aromatic N) is 3. The zero-order chi connectivity index (χ0) is 18.8. The molecule has 3 heterocycles. The maximum absolute atomic E-state index is 12.4. The van der Waals surface area contributed by atoms with Crippen molar-refractivity contribution in [3.63, 3.8) is 0 Å². The van der Waals surface area contributed by atoms with Gasteiger partial charge in [-0.3, -0.25) is 4.90 Å². The number of carbonyl (C=O) groups excluding carboxylic acids is 1. The fraction of sp³-hybridized carbons (Fsp3) is 0.667. The Morgan fingerprint density at radius 2 is 1.96 bits per heavy atom. The summed E-state index contributed by atoms with van der Waals surface area (Å²) < 4.78 is 5.32. The van der Waals surface area contributed by atoms with Gasteiger partial charge in [0.05, 0.1) is 13.2 Å². The van der Waals surface area contributed by atoms with Crippen LogP contribution in [0.1, 0.15) is 31.7 Å². The fourth-order valence-electron chi connectivity index (χ4n) is 4.69. The van der Waals surface area contributed by atoms with E-state index in [9.17, 15) is 4.79 Å². The molecule has 0 saturated carbocycles. The quantitative estimate of drug-likeness (QED) is 0.886. The SMILES string of the molecule is Cc1cc(N2CC[C@@H](N3CCC[C@@H]3C)C2)ccc1NC(=O)N1CCOCC1. The number of ether oxygens (including phenoxy) is 1. The Morgan fingerprint density at radius 3 is 2.67 bits per heavy atom. The summed E-state index contributed by atoms with van der Waals surface area (Å²) in [5.74, 6) is 0. The van der Waals surface area contributed by atoms with Gasteiger partial charge in [-0.05, 0) is 63.4 Å². The van der Waals surface area contributed by atoms with Crippen LogP contribution in [0.25, 0.3) is 0 Å². The third-order valence-corrected chi connectivity index (χ3v) is 6.35.